The van der Waals surface area contributed by atoms with Crippen LogP contribution in [0.1, 0.15) is 46.3 Å². The largest absolute Gasteiger partial charge is 0.484 e. The Morgan fingerprint density at radius 3 is 2.60 bits per heavy atom. The summed E-state index contributed by atoms with van der Waals surface area (Å²) in [6.45, 7) is 3.92. The average molecular weight is 571 g/mol. The molecule has 2 aromatic heterocycles. The Labute approximate surface area is 235 Å². The molecule has 0 saturated carbocycles. The molecule has 0 aliphatic carbocycles. The van der Waals surface area contributed by atoms with Crippen LogP contribution in [0.25, 0.3) is 11.0 Å². The molecular weight excluding hydrogens is 542 g/mol. The molecule has 4 heterocycles. The Morgan fingerprint density at radius 2 is 1.90 bits per heavy atom. The quantitative estimate of drug-likeness (QED) is 0.310. The molecule has 11 heteroatoms. The molecule has 2 aliphatic heterocycles. The molecule has 0 bridgehead atoms. The number of aromatic nitrogens is 3. The lowest BCUT2D eigenvalue weighted by atomic mass is 10.0. The highest BCUT2D eigenvalue weighted by molar-refractivity contribution is 6.30. The van der Waals surface area contributed by atoms with Crippen molar-refractivity contribution in [2.24, 2.45) is 7.05 Å². The van der Waals surface area contributed by atoms with Crippen LogP contribution >= 0.6 is 11.6 Å². The summed E-state index contributed by atoms with van der Waals surface area (Å²) in [4.78, 5) is 22.7. The highest BCUT2D eigenvalue weighted by Gasteiger charge is 2.27. The number of hydrogen-bond acceptors (Lipinski definition) is 6. The van der Waals surface area contributed by atoms with Gasteiger partial charge in [0.25, 0.3) is 0 Å². The van der Waals surface area contributed by atoms with E-state index in [1.165, 1.54) is 24.6 Å². The highest BCUT2D eigenvalue weighted by atomic mass is 35.5. The van der Waals surface area contributed by atoms with E-state index in [1.807, 2.05) is 11.6 Å². The smallest absolute Gasteiger partial charge is 0.335 e. The van der Waals surface area contributed by atoms with Crippen LogP contribution in [-0.2, 0) is 24.9 Å². The number of nitrogens with zero attached hydrogens (tertiary/aromatic N) is 4. The van der Waals surface area contributed by atoms with Gasteiger partial charge >= 0.3 is 5.97 Å². The van der Waals surface area contributed by atoms with Gasteiger partial charge in [-0.3, -0.25) is 9.88 Å². The van der Waals surface area contributed by atoms with E-state index in [-0.39, 0.29) is 34.6 Å². The Hall–Kier alpha value is -3.60. The van der Waals surface area contributed by atoms with Crippen molar-refractivity contribution in [1.29, 1.82) is 0 Å². The minimum atomic E-state index is -0.975. The fraction of sp³-hybridized carbons (Fsp3) is 0.345. The fourth-order valence-electron chi connectivity index (χ4n) is 4.64. The second kappa shape index (κ2) is 12.3. The third-order valence-electron chi connectivity index (χ3n) is 7.05. The number of fused-ring (bicyclic) bond motifs is 1. The molecule has 4 aromatic rings. The first-order valence-electron chi connectivity index (χ1n) is 13.0. The zero-order valence-corrected chi connectivity index (χ0v) is 22.7. The summed E-state index contributed by atoms with van der Waals surface area (Å²) in [6.07, 6.45) is 2.12. The van der Waals surface area contributed by atoms with Gasteiger partial charge < -0.3 is 19.1 Å². The van der Waals surface area contributed by atoms with Crippen LogP contribution in [-0.4, -0.2) is 56.8 Å². The van der Waals surface area contributed by atoms with Gasteiger partial charge in [-0.2, -0.15) is 0 Å². The number of hydrogen-bond donors (Lipinski definition) is 1. The molecule has 1 atom stereocenters. The van der Waals surface area contributed by atoms with E-state index in [2.05, 4.69) is 14.9 Å². The van der Waals surface area contributed by atoms with Crippen LogP contribution in [0.3, 0.4) is 0 Å². The minimum absolute atomic E-state index is 0.0176. The van der Waals surface area contributed by atoms with Crippen molar-refractivity contribution in [3.8, 4) is 5.75 Å². The Balaban J connectivity index is 0.000000741. The minimum Gasteiger partial charge on any atom is -0.484 e. The molecule has 6 rings (SSSR count). The van der Waals surface area contributed by atoms with Crippen LogP contribution in [0.4, 0.5) is 8.78 Å². The van der Waals surface area contributed by atoms with Gasteiger partial charge in [-0.15, -0.1) is 0 Å². The molecule has 2 fully saturated rings. The molecular formula is C29H29ClF2N4O4. The zero-order chi connectivity index (χ0) is 28.2. The number of carboxylic acids is 1. The van der Waals surface area contributed by atoms with Crippen LogP contribution in [0.2, 0.25) is 5.02 Å². The maximum absolute atomic E-state index is 14.4. The van der Waals surface area contributed by atoms with Gasteiger partial charge in [-0.25, -0.2) is 18.6 Å². The molecule has 0 spiro atoms. The predicted molar refractivity (Wildman–Crippen MR) is 146 cm³/mol. The summed E-state index contributed by atoms with van der Waals surface area (Å²) >= 11 is 5.76. The third-order valence-corrected chi connectivity index (χ3v) is 7.29. The average Bonchev–Trinajstić information content (AvgIpc) is 3.48. The van der Waals surface area contributed by atoms with Crippen LogP contribution in [0, 0.1) is 11.6 Å². The van der Waals surface area contributed by atoms with E-state index >= 15 is 0 Å². The summed E-state index contributed by atoms with van der Waals surface area (Å²) in [5, 5.41) is 9.51. The van der Waals surface area contributed by atoms with E-state index in [9.17, 15) is 18.7 Å². The van der Waals surface area contributed by atoms with E-state index in [4.69, 9.17) is 21.1 Å². The van der Waals surface area contributed by atoms with Crippen molar-refractivity contribution in [1.82, 2.24) is 19.4 Å². The number of likely N-dealkylation sites (tertiary alicyclic amines) is 1. The van der Waals surface area contributed by atoms with Crippen molar-refractivity contribution in [2.75, 3.05) is 26.3 Å². The van der Waals surface area contributed by atoms with Crippen molar-refractivity contribution in [3.63, 3.8) is 0 Å². The number of halogens is 3. The van der Waals surface area contributed by atoms with E-state index < -0.39 is 17.6 Å². The molecule has 2 aliphatic rings. The van der Waals surface area contributed by atoms with E-state index in [0.717, 1.165) is 54.8 Å². The maximum Gasteiger partial charge on any atom is 0.335 e. The summed E-state index contributed by atoms with van der Waals surface area (Å²) < 4.78 is 40.5. The molecule has 0 radical (unpaired) electrons. The van der Waals surface area contributed by atoms with Crippen LogP contribution in [0.5, 0.6) is 5.75 Å². The van der Waals surface area contributed by atoms with Gasteiger partial charge in [0.15, 0.2) is 11.6 Å². The molecule has 2 aromatic carbocycles. The molecule has 40 heavy (non-hydrogen) atoms. The third kappa shape index (κ3) is 6.41. The van der Waals surface area contributed by atoms with E-state index in [0.29, 0.717) is 13.1 Å². The van der Waals surface area contributed by atoms with Gasteiger partial charge in [0.2, 0.25) is 0 Å². The lowest BCUT2D eigenvalue weighted by molar-refractivity contribution is 0.0367. The second-order valence-electron chi connectivity index (χ2n) is 9.81. The number of ether oxygens (including phenoxy) is 2. The Morgan fingerprint density at radius 1 is 1.12 bits per heavy atom. The number of pyridine rings is 1. The summed E-state index contributed by atoms with van der Waals surface area (Å²) in [6, 6.07) is 12.0. The number of carboxylic acid groups (broad SMARTS) is 1. The van der Waals surface area contributed by atoms with Crippen molar-refractivity contribution >= 4 is 28.6 Å². The summed E-state index contributed by atoms with van der Waals surface area (Å²) in [5.74, 6) is -1.19. The molecule has 2 saturated heterocycles. The monoisotopic (exact) mass is 570 g/mol. The fourth-order valence-corrected chi connectivity index (χ4v) is 4.80. The van der Waals surface area contributed by atoms with E-state index in [1.54, 1.807) is 24.3 Å². The number of carbonyl (C=O) groups is 1. The molecule has 1 unspecified atom stereocenters. The SMILES string of the molecule is C1COC1.Cn1c(CN2CCC(c3ccc(F)c(COc4ccc(Cl)cc4F)n3)C2)nc2ccc(C(=O)O)cc21. The molecule has 0 amide bonds. The van der Waals surface area contributed by atoms with Crippen molar-refractivity contribution in [3.05, 3.63) is 88.0 Å². The van der Waals surface area contributed by atoms with Crippen LogP contribution < -0.4 is 4.74 Å². The van der Waals surface area contributed by atoms with Gasteiger partial charge in [0, 0.05) is 43.4 Å². The number of aromatic carboxylic acids is 1. The second-order valence-corrected chi connectivity index (χ2v) is 10.2. The number of rotatable bonds is 7. The molecule has 1 N–H and O–H groups in total. The highest BCUT2D eigenvalue weighted by Crippen LogP contribution is 2.29. The van der Waals surface area contributed by atoms with Gasteiger partial charge in [0.05, 0.1) is 23.1 Å². The number of imidazole rings is 1. The van der Waals surface area contributed by atoms with Crippen molar-refractivity contribution < 1.29 is 28.2 Å². The first-order valence-corrected chi connectivity index (χ1v) is 13.4. The van der Waals surface area contributed by atoms with Crippen molar-refractivity contribution in [2.45, 2.75) is 31.9 Å². The zero-order valence-electron chi connectivity index (χ0n) is 21.9. The van der Waals surface area contributed by atoms with Gasteiger partial charge in [-0.1, -0.05) is 11.6 Å². The number of aryl methyl sites for hydroxylation is 1. The first kappa shape index (κ1) is 27.9. The lowest BCUT2D eigenvalue weighted by Gasteiger charge is -2.16. The van der Waals surface area contributed by atoms with Gasteiger partial charge in [-0.05, 0) is 67.9 Å². The summed E-state index contributed by atoms with van der Waals surface area (Å²) in [5.41, 5.74) is 2.60. The Bertz CT molecular complexity index is 1520. The molecule has 210 valence electrons. The normalized spacial score (nSPS) is 16.9. The maximum atomic E-state index is 14.4. The van der Waals surface area contributed by atoms with Crippen LogP contribution in [0.15, 0.2) is 48.5 Å². The topological polar surface area (TPSA) is 89.7 Å². The summed E-state index contributed by atoms with van der Waals surface area (Å²) in [7, 11) is 1.88. The first-order chi connectivity index (χ1) is 19.3. The van der Waals surface area contributed by atoms with Gasteiger partial charge in [0.1, 0.15) is 23.9 Å². The lowest BCUT2D eigenvalue weighted by Crippen LogP contribution is -2.22. The standard InChI is InChI=1S/C26H23ClF2N4O3.C3H6O/c1-32-23-10-15(26(34)35)2-5-21(23)31-25(32)13-33-9-8-16(12-33)20-6-4-18(28)22(30-20)14-36-24-7-3-17(27)11-19(24)29;1-2-4-3-1/h2-7,10-11,16H,8-9,12-14H2,1H3,(H,34,35);1-3H2. The predicted octanol–water partition coefficient (Wildman–Crippen LogP) is 5.57. The number of benzene rings is 2. The Kier molecular flexibility index (Phi) is 8.58. The molecule has 8 nitrogen and oxygen atoms in total.